The summed E-state index contributed by atoms with van der Waals surface area (Å²) < 4.78 is 12.7. The van der Waals surface area contributed by atoms with E-state index in [9.17, 15) is 0 Å². The van der Waals surface area contributed by atoms with Gasteiger partial charge in [-0.1, -0.05) is 105 Å². The van der Waals surface area contributed by atoms with Crippen molar-refractivity contribution in [3.63, 3.8) is 0 Å². The Kier molecular flexibility index (Phi) is 6.15. The Balaban J connectivity index is 1.16. The highest BCUT2D eigenvalue weighted by Gasteiger charge is 2.35. The normalized spacial score (nSPS) is 13.2. The summed E-state index contributed by atoms with van der Waals surface area (Å²) in [4.78, 5) is 12.2. The quantitative estimate of drug-likeness (QED) is 0.186. The number of fused-ring (bicyclic) bond motifs is 7. The van der Waals surface area contributed by atoms with Gasteiger partial charge < -0.3 is 13.7 Å². The zero-order valence-corrected chi connectivity index (χ0v) is 27.6. The second-order valence-corrected chi connectivity index (χ2v) is 13.5. The molecule has 1 aliphatic carbocycles. The number of benzene rings is 6. The molecule has 0 saturated carbocycles. The number of oxazole rings is 1. The average Bonchev–Trinajstić information content (AvgIpc) is 3.83. The predicted molar refractivity (Wildman–Crippen MR) is 202 cm³/mol. The summed E-state index contributed by atoms with van der Waals surface area (Å²) in [7, 11) is 0. The summed E-state index contributed by atoms with van der Waals surface area (Å²) in [5, 5.41) is 0.884. The lowest BCUT2D eigenvalue weighted by Crippen LogP contribution is -2.15. The van der Waals surface area contributed by atoms with Crippen molar-refractivity contribution in [1.82, 2.24) is 9.97 Å². The number of pyridine rings is 1. The highest BCUT2D eigenvalue weighted by atomic mass is 16.3. The van der Waals surface area contributed by atoms with Crippen molar-refractivity contribution in [3.05, 3.63) is 163 Å². The van der Waals surface area contributed by atoms with Crippen LogP contribution in [0.15, 0.2) is 161 Å². The third kappa shape index (κ3) is 4.33. The van der Waals surface area contributed by atoms with Crippen molar-refractivity contribution < 1.29 is 8.83 Å². The number of furan rings is 1. The van der Waals surface area contributed by atoms with E-state index in [-0.39, 0.29) is 5.41 Å². The van der Waals surface area contributed by atoms with Crippen LogP contribution in [0, 0.1) is 0 Å². The van der Waals surface area contributed by atoms with E-state index in [0.29, 0.717) is 11.5 Å². The number of aromatic nitrogens is 2. The molecule has 0 bridgehead atoms. The first kappa shape index (κ1) is 28.5. The van der Waals surface area contributed by atoms with E-state index in [2.05, 4.69) is 116 Å². The van der Waals surface area contributed by atoms with Crippen LogP contribution in [0.25, 0.3) is 66.9 Å². The van der Waals surface area contributed by atoms with Gasteiger partial charge in [0.2, 0.25) is 5.89 Å². The van der Waals surface area contributed by atoms with Crippen LogP contribution < -0.4 is 4.90 Å². The van der Waals surface area contributed by atoms with Crippen LogP contribution in [-0.4, -0.2) is 9.97 Å². The lowest BCUT2D eigenvalue weighted by Gasteiger charge is -2.27. The largest absolute Gasteiger partial charge is 0.454 e. The van der Waals surface area contributed by atoms with E-state index < -0.39 is 0 Å². The first-order valence-corrected chi connectivity index (χ1v) is 16.9. The van der Waals surface area contributed by atoms with Gasteiger partial charge in [0, 0.05) is 22.9 Å². The Morgan fingerprint density at radius 2 is 1.24 bits per heavy atom. The molecule has 5 heteroatoms. The van der Waals surface area contributed by atoms with Crippen molar-refractivity contribution >= 4 is 50.2 Å². The second kappa shape index (κ2) is 10.8. The lowest BCUT2D eigenvalue weighted by molar-refractivity contribution is 0.620. The van der Waals surface area contributed by atoms with Gasteiger partial charge in [0.15, 0.2) is 11.2 Å². The minimum Gasteiger partial charge on any atom is -0.454 e. The zero-order chi connectivity index (χ0) is 33.4. The molecule has 10 rings (SSSR count). The average molecular weight is 646 g/mol. The van der Waals surface area contributed by atoms with Gasteiger partial charge in [-0.2, -0.15) is 0 Å². The minimum absolute atomic E-state index is 0.0797. The molecule has 5 nitrogen and oxygen atoms in total. The summed E-state index contributed by atoms with van der Waals surface area (Å²) in [5.41, 5.74) is 15.0. The van der Waals surface area contributed by atoms with Crippen molar-refractivity contribution in [2.75, 3.05) is 4.90 Å². The smallest absolute Gasteiger partial charge is 0.228 e. The molecule has 238 valence electrons. The molecular formula is C45H31N3O2. The van der Waals surface area contributed by atoms with Crippen LogP contribution in [0.4, 0.5) is 17.1 Å². The molecule has 0 aliphatic heterocycles. The number of hydrogen-bond acceptors (Lipinski definition) is 5. The molecule has 0 spiro atoms. The van der Waals surface area contributed by atoms with E-state index >= 15 is 0 Å². The molecule has 9 aromatic rings. The van der Waals surface area contributed by atoms with Crippen molar-refractivity contribution in [2.45, 2.75) is 19.3 Å². The van der Waals surface area contributed by atoms with Gasteiger partial charge in [-0.05, 0) is 81.9 Å². The van der Waals surface area contributed by atoms with Crippen LogP contribution in [-0.2, 0) is 5.41 Å². The fourth-order valence-corrected chi connectivity index (χ4v) is 7.72. The first-order chi connectivity index (χ1) is 24.5. The molecule has 3 heterocycles. The molecular weight excluding hydrogens is 615 g/mol. The molecule has 0 N–H and O–H groups in total. The monoisotopic (exact) mass is 645 g/mol. The zero-order valence-electron chi connectivity index (χ0n) is 27.6. The third-order valence-corrected chi connectivity index (χ3v) is 10.1. The molecule has 0 atom stereocenters. The molecule has 1 aliphatic rings. The van der Waals surface area contributed by atoms with Gasteiger partial charge >= 0.3 is 0 Å². The standard InChI is InChI=1S/C45H31N3O2/c1-45(2)36-18-7-6-16-33(36)35-25-31(22-23-37(35)45)48(30-15-10-14-29(24-30)28-12-4-3-5-13-28)32-26-41-43(46-27-32)42-34(17-11-21-40(42)49-41)44-47-38-19-8-9-20-39(38)50-44/h3-27H,1-2H3. The van der Waals surface area contributed by atoms with Crippen LogP contribution in [0.3, 0.4) is 0 Å². The second-order valence-electron chi connectivity index (χ2n) is 13.5. The summed E-state index contributed by atoms with van der Waals surface area (Å²) in [5.74, 6) is 0.547. The molecule has 0 radical (unpaired) electrons. The molecule has 3 aromatic heterocycles. The fourth-order valence-electron chi connectivity index (χ4n) is 7.72. The summed E-state index contributed by atoms with van der Waals surface area (Å²) >= 11 is 0. The predicted octanol–water partition coefficient (Wildman–Crippen LogP) is 12.2. The molecule has 0 fully saturated rings. The maximum Gasteiger partial charge on any atom is 0.228 e. The molecule has 50 heavy (non-hydrogen) atoms. The van der Waals surface area contributed by atoms with Crippen molar-refractivity contribution in [1.29, 1.82) is 0 Å². The lowest BCUT2D eigenvalue weighted by atomic mass is 9.82. The number of para-hydroxylation sites is 2. The van der Waals surface area contributed by atoms with Crippen LogP contribution in [0.5, 0.6) is 0 Å². The number of nitrogens with zero attached hydrogens (tertiary/aromatic N) is 3. The Morgan fingerprint density at radius 3 is 2.14 bits per heavy atom. The maximum absolute atomic E-state index is 6.53. The minimum atomic E-state index is -0.0797. The summed E-state index contributed by atoms with van der Waals surface area (Å²) in [6, 6.07) is 50.7. The van der Waals surface area contributed by atoms with E-state index in [1.807, 2.05) is 54.7 Å². The van der Waals surface area contributed by atoms with E-state index in [1.165, 1.54) is 22.3 Å². The fraction of sp³-hybridized carbons (Fsp3) is 0.0667. The summed E-state index contributed by atoms with van der Waals surface area (Å²) in [6.45, 7) is 4.62. The molecule has 0 saturated heterocycles. The van der Waals surface area contributed by atoms with Gasteiger partial charge in [-0.3, -0.25) is 0 Å². The Morgan fingerprint density at radius 1 is 0.520 bits per heavy atom. The molecule has 0 unspecified atom stereocenters. The van der Waals surface area contributed by atoms with Gasteiger partial charge in [-0.15, -0.1) is 0 Å². The SMILES string of the molecule is CC1(C)c2ccccc2-c2cc(N(c3cccc(-c4ccccc4)c3)c3cnc4c(c3)oc3cccc(-c5nc6ccccc6o5)c34)ccc21. The Labute approximate surface area is 289 Å². The highest BCUT2D eigenvalue weighted by Crippen LogP contribution is 2.51. The van der Waals surface area contributed by atoms with E-state index in [1.54, 1.807) is 0 Å². The van der Waals surface area contributed by atoms with Crippen LogP contribution in [0.2, 0.25) is 0 Å². The van der Waals surface area contributed by atoms with Crippen LogP contribution >= 0.6 is 0 Å². The maximum atomic E-state index is 6.53. The molecule has 6 aromatic carbocycles. The van der Waals surface area contributed by atoms with Gasteiger partial charge in [-0.25, -0.2) is 9.97 Å². The Hall–Kier alpha value is -6.46. The van der Waals surface area contributed by atoms with Gasteiger partial charge in [0.25, 0.3) is 0 Å². The number of hydrogen-bond donors (Lipinski definition) is 0. The van der Waals surface area contributed by atoms with Crippen LogP contribution in [0.1, 0.15) is 25.0 Å². The van der Waals surface area contributed by atoms with Gasteiger partial charge in [0.05, 0.1) is 22.8 Å². The topological polar surface area (TPSA) is 55.3 Å². The molecule has 0 amide bonds. The number of rotatable bonds is 5. The van der Waals surface area contributed by atoms with E-state index in [0.717, 1.165) is 61.3 Å². The van der Waals surface area contributed by atoms with Crippen molar-refractivity contribution in [2.24, 2.45) is 0 Å². The first-order valence-electron chi connectivity index (χ1n) is 16.9. The Bertz CT molecular complexity index is 2720. The van der Waals surface area contributed by atoms with Gasteiger partial charge in [0.1, 0.15) is 16.6 Å². The third-order valence-electron chi connectivity index (χ3n) is 10.1. The highest BCUT2D eigenvalue weighted by molar-refractivity contribution is 6.10. The number of anilines is 3. The van der Waals surface area contributed by atoms with E-state index in [4.69, 9.17) is 18.8 Å². The summed E-state index contributed by atoms with van der Waals surface area (Å²) in [6.07, 6.45) is 1.94. The van der Waals surface area contributed by atoms with Crippen molar-refractivity contribution in [3.8, 4) is 33.7 Å².